The Morgan fingerprint density at radius 3 is 1.92 bits per heavy atom. The number of carbonyl (C=O) groups excluding carboxylic acids is 1. The average molecular weight is 375 g/mol. The molecule has 7 heteroatoms. The third kappa shape index (κ3) is 4.42. The minimum Gasteiger partial charge on any atom is -0.337 e. The zero-order valence-corrected chi connectivity index (χ0v) is 16.6. The molecule has 0 heterocycles. The monoisotopic (exact) mass is 375 g/mol. The van der Waals surface area contributed by atoms with E-state index in [0.717, 1.165) is 9.87 Å². The molecule has 2 aromatic carbocycles. The predicted molar refractivity (Wildman–Crippen MR) is 104 cm³/mol. The average Bonchev–Trinajstić information content (AvgIpc) is 2.62. The van der Waals surface area contributed by atoms with E-state index in [1.54, 1.807) is 36.2 Å². The summed E-state index contributed by atoms with van der Waals surface area (Å²) in [6.07, 6.45) is 0. The molecule has 0 aliphatic heterocycles. The first-order valence-corrected chi connectivity index (χ1v) is 9.60. The number of amides is 1. The van der Waals surface area contributed by atoms with Gasteiger partial charge in [0.05, 0.1) is 5.69 Å². The number of nitrogens with zero attached hydrogens (tertiary/aromatic N) is 3. The molecule has 0 N–H and O–H groups in total. The van der Waals surface area contributed by atoms with Gasteiger partial charge in [-0.2, -0.15) is 12.7 Å². The van der Waals surface area contributed by atoms with Crippen molar-refractivity contribution in [2.75, 3.05) is 32.5 Å². The van der Waals surface area contributed by atoms with Gasteiger partial charge in [0.2, 0.25) is 0 Å². The second kappa shape index (κ2) is 7.88. The second-order valence-corrected chi connectivity index (χ2v) is 8.63. The first-order chi connectivity index (χ1) is 12.1. The SMILES string of the molecule is Cc1ccc(CN(C)C(=O)c2ccc(N(C)S(=O)(=O)N(C)C)cc2)cc1. The van der Waals surface area contributed by atoms with Crippen molar-refractivity contribution in [1.29, 1.82) is 0 Å². The van der Waals surface area contributed by atoms with Gasteiger partial charge in [0, 0.05) is 40.3 Å². The number of hydrogen-bond acceptors (Lipinski definition) is 3. The number of carbonyl (C=O) groups is 1. The lowest BCUT2D eigenvalue weighted by Crippen LogP contribution is -2.37. The van der Waals surface area contributed by atoms with Crippen molar-refractivity contribution in [2.45, 2.75) is 13.5 Å². The Morgan fingerprint density at radius 2 is 1.42 bits per heavy atom. The summed E-state index contributed by atoms with van der Waals surface area (Å²) in [5.74, 6) is -0.116. The van der Waals surface area contributed by atoms with Gasteiger partial charge >= 0.3 is 10.2 Å². The Bertz CT molecular complexity index is 860. The maximum Gasteiger partial charge on any atom is 0.303 e. The maximum absolute atomic E-state index is 12.6. The fraction of sp³-hybridized carbons (Fsp3) is 0.316. The molecule has 2 aromatic rings. The van der Waals surface area contributed by atoms with Gasteiger partial charge in [-0.25, -0.2) is 0 Å². The van der Waals surface area contributed by atoms with E-state index >= 15 is 0 Å². The molecule has 1 amide bonds. The lowest BCUT2D eigenvalue weighted by Gasteiger charge is -2.23. The summed E-state index contributed by atoms with van der Waals surface area (Å²) in [6.45, 7) is 2.53. The Hall–Kier alpha value is -2.38. The standard InChI is InChI=1S/C19H25N3O3S/c1-15-6-8-16(9-7-15)14-21(4)19(23)17-10-12-18(13-11-17)22(5)26(24,25)20(2)3/h6-13H,14H2,1-5H3. The molecular weight excluding hydrogens is 350 g/mol. The normalized spacial score (nSPS) is 11.5. The number of rotatable bonds is 6. The molecule has 6 nitrogen and oxygen atoms in total. The summed E-state index contributed by atoms with van der Waals surface area (Å²) in [4.78, 5) is 14.2. The zero-order valence-electron chi connectivity index (χ0n) is 15.8. The molecule has 0 bridgehead atoms. The smallest absolute Gasteiger partial charge is 0.303 e. The van der Waals surface area contributed by atoms with E-state index in [4.69, 9.17) is 0 Å². The molecule has 0 aliphatic carbocycles. The van der Waals surface area contributed by atoms with E-state index < -0.39 is 10.2 Å². The van der Waals surface area contributed by atoms with E-state index in [0.29, 0.717) is 17.8 Å². The summed E-state index contributed by atoms with van der Waals surface area (Å²) in [6, 6.07) is 14.6. The number of benzene rings is 2. The minimum absolute atomic E-state index is 0.116. The summed E-state index contributed by atoms with van der Waals surface area (Å²) in [5.41, 5.74) is 3.24. The summed E-state index contributed by atoms with van der Waals surface area (Å²) >= 11 is 0. The van der Waals surface area contributed by atoms with Crippen LogP contribution in [-0.2, 0) is 16.8 Å². The van der Waals surface area contributed by atoms with Gasteiger partial charge in [0.1, 0.15) is 0 Å². The van der Waals surface area contributed by atoms with Crippen LogP contribution in [0, 0.1) is 6.92 Å². The highest BCUT2D eigenvalue weighted by atomic mass is 32.2. The van der Waals surface area contributed by atoms with Crippen LogP contribution in [0.1, 0.15) is 21.5 Å². The van der Waals surface area contributed by atoms with Crippen LogP contribution in [0.4, 0.5) is 5.69 Å². The quantitative estimate of drug-likeness (QED) is 0.779. The summed E-state index contributed by atoms with van der Waals surface area (Å²) in [7, 11) is 2.63. The predicted octanol–water partition coefficient (Wildman–Crippen LogP) is 2.51. The number of anilines is 1. The minimum atomic E-state index is -3.55. The van der Waals surface area contributed by atoms with Gasteiger partial charge in [-0.15, -0.1) is 0 Å². The molecular formula is C19H25N3O3S. The maximum atomic E-state index is 12.6. The van der Waals surface area contributed by atoms with Crippen molar-refractivity contribution >= 4 is 21.8 Å². The van der Waals surface area contributed by atoms with Gasteiger partial charge in [0.15, 0.2) is 0 Å². The molecule has 0 spiro atoms. The molecule has 0 saturated heterocycles. The molecule has 0 aromatic heterocycles. The second-order valence-electron chi connectivity index (χ2n) is 6.45. The lowest BCUT2D eigenvalue weighted by molar-refractivity contribution is 0.0785. The highest BCUT2D eigenvalue weighted by Gasteiger charge is 2.21. The third-order valence-corrected chi connectivity index (χ3v) is 6.00. The van der Waals surface area contributed by atoms with E-state index in [1.165, 1.54) is 31.0 Å². The van der Waals surface area contributed by atoms with Crippen molar-refractivity contribution in [1.82, 2.24) is 9.21 Å². The van der Waals surface area contributed by atoms with Gasteiger partial charge in [-0.05, 0) is 36.8 Å². The van der Waals surface area contributed by atoms with Gasteiger partial charge < -0.3 is 4.90 Å². The van der Waals surface area contributed by atoms with Gasteiger partial charge in [-0.3, -0.25) is 9.10 Å². The molecule has 2 rings (SSSR count). The van der Waals surface area contributed by atoms with E-state index in [1.807, 2.05) is 31.2 Å². The lowest BCUT2D eigenvalue weighted by atomic mass is 10.1. The van der Waals surface area contributed by atoms with Gasteiger partial charge in [-0.1, -0.05) is 29.8 Å². The summed E-state index contributed by atoms with van der Waals surface area (Å²) < 4.78 is 26.6. The van der Waals surface area contributed by atoms with Crippen LogP contribution in [0.2, 0.25) is 0 Å². The molecule has 0 aliphatic rings. The molecule has 0 unspecified atom stereocenters. The van der Waals surface area contributed by atoms with Crippen LogP contribution >= 0.6 is 0 Å². The third-order valence-electron chi connectivity index (χ3n) is 4.17. The molecule has 0 atom stereocenters. The highest BCUT2D eigenvalue weighted by molar-refractivity contribution is 7.90. The first-order valence-electron chi connectivity index (χ1n) is 8.20. The number of aryl methyl sites for hydroxylation is 1. The van der Waals surface area contributed by atoms with E-state index in [-0.39, 0.29) is 5.91 Å². The van der Waals surface area contributed by atoms with Crippen LogP contribution in [0.25, 0.3) is 0 Å². The van der Waals surface area contributed by atoms with Crippen molar-refractivity contribution in [3.05, 3.63) is 65.2 Å². The van der Waals surface area contributed by atoms with Crippen LogP contribution in [0.15, 0.2) is 48.5 Å². The molecule has 0 saturated carbocycles. The Balaban J connectivity index is 2.11. The zero-order chi connectivity index (χ0) is 19.5. The van der Waals surface area contributed by atoms with Gasteiger partial charge in [0.25, 0.3) is 5.91 Å². The first kappa shape index (κ1) is 19.9. The van der Waals surface area contributed by atoms with Crippen LogP contribution in [-0.4, -0.2) is 51.7 Å². The molecule has 26 heavy (non-hydrogen) atoms. The van der Waals surface area contributed by atoms with Crippen LogP contribution in [0.5, 0.6) is 0 Å². The van der Waals surface area contributed by atoms with Crippen LogP contribution in [0.3, 0.4) is 0 Å². The van der Waals surface area contributed by atoms with E-state index in [9.17, 15) is 13.2 Å². The van der Waals surface area contributed by atoms with Crippen molar-refractivity contribution < 1.29 is 13.2 Å². The van der Waals surface area contributed by atoms with Crippen molar-refractivity contribution in [2.24, 2.45) is 0 Å². The highest BCUT2D eigenvalue weighted by Crippen LogP contribution is 2.19. The largest absolute Gasteiger partial charge is 0.337 e. The van der Waals surface area contributed by atoms with E-state index in [2.05, 4.69) is 0 Å². The fourth-order valence-corrected chi connectivity index (χ4v) is 3.33. The Kier molecular flexibility index (Phi) is 6.05. The Morgan fingerprint density at radius 1 is 0.885 bits per heavy atom. The molecule has 0 fully saturated rings. The topological polar surface area (TPSA) is 60.9 Å². The fourth-order valence-electron chi connectivity index (χ4n) is 2.45. The molecule has 140 valence electrons. The summed E-state index contributed by atoms with van der Waals surface area (Å²) in [5, 5.41) is 0. The number of hydrogen-bond donors (Lipinski definition) is 0. The molecule has 0 radical (unpaired) electrons. The van der Waals surface area contributed by atoms with Crippen molar-refractivity contribution in [3.63, 3.8) is 0 Å². The Labute approximate surface area is 155 Å². The van der Waals surface area contributed by atoms with Crippen LogP contribution < -0.4 is 4.31 Å². The van der Waals surface area contributed by atoms with Crippen molar-refractivity contribution in [3.8, 4) is 0 Å².